The molecule has 4 rings (SSSR count). The summed E-state index contributed by atoms with van der Waals surface area (Å²) in [4.78, 5) is 0. The molecule has 25 heavy (non-hydrogen) atoms. The van der Waals surface area contributed by atoms with E-state index in [0.717, 1.165) is 0 Å². The van der Waals surface area contributed by atoms with E-state index in [1.54, 1.807) is 0 Å². The number of rotatable bonds is 2. The van der Waals surface area contributed by atoms with Crippen LogP contribution in [0.25, 0.3) is 22.3 Å². The maximum atomic E-state index is 2.12. The third kappa shape index (κ3) is 5.90. The molecular weight excluding hydrogens is 313 g/mol. The van der Waals surface area contributed by atoms with Gasteiger partial charge in [-0.2, -0.15) is 0 Å². The first-order valence-corrected chi connectivity index (χ1v) is 8.14. The van der Waals surface area contributed by atoms with Gasteiger partial charge in [0.15, 0.2) is 0 Å². The molecule has 0 saturated heterocycles. The molecule has 0 spiro atoms. The predicted molar refractivity (Wildman–Crippen MR) is 112 cm³/mol. The molecule has 0 radical (unpaired) electrons. The van der Waals surface area contributed by atoms with E-state index < -0.39 is 0 Å². The minimum absolute atomic E-state index is 0. The zero-order chi connectivity index (χ0) is 16.5. The maximum absolute atomic E-state index is 2.12. The van der Waals surface area contributed by atoms with Crippen molar-refractivity contribution in [2.75, 3.05) is 0 Å². The molecule has 4 aromatic rings. The second-order valence-electron chi connectivity index (χ2n) is 5.46. The molecule has 0 aromatic heterocycles. The van der Waals surface area contributed by atoms with Crippen LogP contribution in [0.3, 0.4) is 0 Å². The molecule has 0 aliphatic carbocycles. The minimum Gasteiger partial charge on any atom is -0.0622 e. The number of benzene rings is 4. The van der Waals surface area contributed by atoms with E-state index in [0.29, 0.717) is 0 Å². The maximum Gasteiger partial charge on any atom is 0.316 e. The fraction of sp³-hybridized carbons (Fsp3) is 0. The summed E-state index contributed by atoms with van der Waals surface area (Å²) in [7, 11) is 0. The van der Waals surface area contributed by atoms with E-state index in [-0.39, 0.29) is 23.1 Å². The molecule has 0 saturated carbocycles. The van der Waals surface area contributed by atoms with Crippen LogP contribution >= 0.6 is 0 Å². The quantitative estimate of drug-likeness (QED) is 0.407. The van der Waals surface area contributed by atoms with Crippen molar-refractivity contribution in [3.8, 4) is 22.3 Å². The van der Waals surface area contributed by atoms with Gasteiger partial charge in [0, 0.05) is 0 Å². The van der Waals surface area contributed by atoms with Gasteiger partial charge in [-0.1, -0.05) is 121 Å². The first-order chi connectivity index (χ1) is 11.9. The topological polar surface area (TPSA) is 0 Å². The Balaban J connectivity index is 0.000000173. The van der Waals surface area contributed by atoms with Gasteiger partial charge in [0.1, 0.15) is 0 Å². The lowest BCUT2D eigenvalue weighted by Crippen LogP contribution is -1.73. The molecule has 0 fully saturated rings. The van der Waals surface area contributed by atoms with Crippen molar-refractivity contribution in [3.63, 3.8) is 0 Å². The van der Waals surface area contributed by atoms with Crippen LogP contribution in [0.2, 0.25) is 0 Å². The molecule has 0 aliphatic rings. The normalized spacial score (nSPS) is 9.28. The van der Waals surface area contributed by atoms with Crippen LogP contribution < -0.4 is 0 Å². The highest BCUT2D eigenvalue weighted by molar-refractivity contribution is 5.75. The predicted octanol–water partition coefficient (Wildman–Crippen LogP) is 5.79. The zero-order valence-electron chi connectivity index (χ0n) is 13.5. The first-order valence-electron chi connectivity index (χ1n) is 8.14. The summed E-state index contributed by atoms with van der Waals surface area (Å²) in [6.45, 7) is 0. The SMILES string of the molecule is [MgH2].c1ccc(-c2ccccc2)cc1.c1ccc(-c2ccccc2)cc1. The van der Waals surface area contributed by atoms with Gasteiger partial charge in [-0.3, -0.25) is 0 Å². The Kier molecular flexibility index (Phi) is 7.97. The molecule has 0 atom stereocenters. The highest BCUT2D eigenvalue weighted by atomic mass is 24.3. The van der Waals surface area contributed by atoms with Crippen molar-refractivity contribution in [2.24, 2.45) is 0 Å². The van der Waals surface area contributed by atoms with Gasteiger partial charge >= 0.3 is 23.1 Å². The Morgan fingerprint density at radius 3 is 0.560 bits per heavy atom. The summed E-state index contributed by atoms with van der Waals surface area (Å²) >= 11 is 0. The van der Waals surface area contributed by atoms with Gasteiger partial charge < -0.3 is 0 Å². The van der Waals surface area contributed by atoms with Gasteiger partial charge in [0.2, 0.25) is 0 Å². The van der Waals surface area contributed by atoms with Crippen LogP contribution in [0, 0.1) is 0 Å². The van der Waals surface area contributed by atoms with E-state index in [1.807, 2.05) is 24.3 Å². The highest BCUT2D eigenvalue weighted by Crippen LogP contribution is 2.18. The average molecular weight is 335 g/mol. The van der Waals surface area contributed by atoms with Crippen molar-refractivity contribution in [3.05, 3.63) is 121 Å². The number of hydrogen-bond donors (Lipinski definition) is 0. The standard InChI is InChI=1S/2C12H10.Mg.2H/c2*1-3-7-11(8-4-1)12-9-5-2-6-10-12;;;/h2*1-10H;;;. The van der Waals surface area contributed by atoms with E-state index in [2.05, 4.69) is 97.1 Å². The Labute approximate surface area is 166 Å². The van der Waals surface area contributed by atoms with E-state index in [9.17, 15) is 0 Å². The average Bonchev–Trinajstić information content (AvgIpc) is 2.71. The summed E-state index contributed by atoms with van der Waals surface area (Å²) in [6.07, 6.45) is 0. The monoisotopic (exact) mass is 334 g/mol. The van der Waals surface area contributed by atoms with Crippen LogP contribution in [-0.4, -0.2) is 23.1 Å². The fourth-order valence-corrected chi connectivity index (χ4v) is 2.52. The van der Waals surface area contributed by atoms with Gasteiger partial charge in [-0.15, -0.1) is 0 Å². The molecule has 0 bridgehead atoms. The Bertz CT molecular complexity index is 676. The molecule has 0 unspecified atom stereocenters. The van der Waals surface area contributed by atoms with Crippen molar-refractivity contribution in [1.82, 2.24) is 0 Å². The lowest BCUT2D eigenvalue weighted by Gasteiger charge is -1.98. The smallest absolute Gasteiger partial charge is 0.0622 e. The summed E-state index contributed by atoms with van der Waals surface area (Å²) in [5.41, 5.74) is 5.10. The molecule has 4 aromatic carbocycles. The van der Waals surface area contributed by atoms with Crippen LogP contribution in [-0.2, 0) is 0 Å². The lowest BCUT2D eigenvalue weighted by atomic mass is 10.1. The van der Waals surface area contributed by atoms with Crippen molar-refractivity contribution in [2.45, 2.75) is 0 Å². The van der Waals surface area contributed by atoms with E-state index in [1.165, 1.54) is 22.3 Å². The minimum atomic E-state index is 0. The number of hydrogen-bond acceptors (Lipinski definition) is 0. The van der Waals surface area contributed by atoms with Crippen LogP contribution in [0.1, 0.15) is 0 Å². The zero-order valence-corrected chi connectivity index (χ0v) is 13.5. The molecule has 1 heteroatoms. The third-order valence-electron chi connectivity index (χ3n) is 3.76. The lowest BCUT2D eigenvalue weighted by molar-refractivity contribution is 1.62. The Hall–Kier alpha value is -2.35. The second-order valence-corrected chi connectivity index (χ2v) is 5.46. The van der Waals surface area contributed by atoms with Crippen molar-refractivity contribution in [1.29, 1.82) is 0 Å². The molecule has 0 heterocycles. The summed E-state index contributed by atoms with van der Waals surface area (Å²) in [5.74, 6) is 0. The molecule has 120 valence electrons. The van der Waals surface area contributed by atoms with E-state index in [4.69, 9.17) is 0 Å². The van der Waals surface area contributed by atoms with Gasteiger partial charge in [0.25, 0.3) is 0 Å². The largest absolute Gasteiger partial charge is 0.316 e. The van der Waals surface area contributed by atoms with Crippen LogP contribution in [0.4, 0.5) is 0 Å². The van der Waals surface area contributed by atoms with Crippen molar-refractivity contribution >= 4 is 23.1 Å². The Morgan fingerprint density at radius 1 is 0.240 bits per heavy atom. The van der Waals surface area contributed by atoms with Crippen LogP contribution in [0.15, 0.2) is 121 Å². The van der Waals surface area contributed by atoms with Crippen LogP contribution in [0.5, 0.6) is 0 Å². The Morgan fingerprint density at radius 2 is 0.400 bits per heavy atom. The highest BCUT2D eigenvalue weighted by Gasteiger charge is 1.92. The molecule has 0 N–H and O–H groups in total. The van der Waals surface area contributed by atoms with Gasteiger partial charge in [-0.25, -0.2) is 0 Å². The summed E-state index contributed by atoms with van der Waals surface area (Å²) in [5, 5.41) is 0. The molecular formula is C24H22Mg. The van der Waals surface area contributed by atoms with Gasteiger partial charge in [0.05, 0.1) is 0 Å². The third-order valence-corrected chi connectivity index (χ3v) is 3.76. The summed E-state index contributed by atoms with van der Waals surface area (Å²) in [6, 6.07) is 41.6. The van der Waals surface area contributed by atoms with E-state index >= 15 is 0 Å². The van der Waals surface area contributed by atoms with Crippen molar-refractivity contribution < 1.29 is 0 Å². The molecule has 0 amide bonds. The summed E-state index contributed by atoms with van der Waals surface area (Å²) < 4.78 is 0. The molecule has 0 nitrogen and oxygen atoms in total. The second kappa shape index (κ2) is 10.5. The van der Waals surface area contributed by atoms with Gasteiger partial charge in [-0.05, 0) is 22.3 Å². The fourth-order valence-electron chi connectivity index (χ4n) is 2.52. The molecule has 0 aliphatic heterocycles. The first kappa shape index (κ1) is 19.0.